The van der Waals surface area contributed by atoms with Crippen LogP contribution in [0.15, 0.2) is 18.2 Å². The Balaban J connectivity index is 1.67. The van der Waals surface area contributed by atoms with Crippen molar-refractivity contribution in [3.05, 3.63) is 29.8 Å². The van der Waals surface area contributed by atoms with Crippen molar-refractivity contribution in [3.8, 4) is 0 Å². The predicted molar refractivity (Wildman–Crippen MR) is 70.2 cm³/mol. The first-order valence-corrected chi connectivity index (χ1v) is 7.02. The average Bonchev–Trinajstić information content (AvgIpc) is 2.82. The van der Waals surface area contributed by atoms with Gasteiger partial charge in [0.05, 0.1) is 5.60 Å². The van der Waals surface area contributed by atoms with E-state index in [9.17, 15) is 8.78 Å². The lowest BCUT2D eigenvalue weighted by Crippen LogP contribution is -2.42. The maximum atomic E-state index is 13.2. The zero-order valence-corrected chi connectivity index (χ0v) is 10.9. The first-order valence-electron chi connectivity index (χ1n) is 7.02. The van der Waals surface area contributed by atoms with Gasteiger partial charge in [0, 0.05) is 24.4 Å². The molecule has 1 aliphatic heterocycles. The summed E-state index contributed by atoms with van der Waals surface area (Å²) in [5, 5.41) is 3.31. The second-order valence-corrected chi connectivity index (χ2v) is 5.70. The van der Waals surface area contributed by atoms with E-state index in [0.29, 0.717) is 5.69 Å². The molecule has 2 nitrogen and oxygen atoms in total. The summed E-state index contributed by atoms with van der Waals surface area (Å²) in [6.45, 7) is 0.751. The summed E-state index contributed by atoms with van der Waals surface area (Å²) in [5.41, 5.74) is 0.688. The molecule has 0 aromatic heterocycles. The normalized spacial score (nSPS) is 25.7. The fourth-order valence-corrected chi connectivity index (χ4v) is 3.34. The Bertz CT molecular complexity index is 457. The number of nitrogens with one attached hydrogen (secondary N) is 1. The molecule has 3 rings (SSSR count). The Morgan fingerprint density at radius 3 is 2.68 bits per heavy atom. The zero-order chi connectivity index (χ0) is 13.3. The predicted octanol–water partition coefficient (Wildman–Crippen LogP) is 3.87. The van der Waals surface area contributed by atoms with Gasteiger partial charge in [0.1, 0.15) is 0 Å². The molecule has 1 saturated carbocycles. The summed E-state index contributed by atoms with van der Waals surface area (Å²) in [6, 6.07) is 4.28. The van der Waals surface area contributed by atoms with Crippen LogP contribution in [0.25, 0.3) is 0 Å². The van der Waals surface area contributed by atoms with Gasteiger partial charge in [0.2, 0.25) is 0 Å². The molecule has 1 aromatic carbocycles. The van der Waals surface area contributed by atoms with Gasteiger partial charge in [-0.2, -0.15) is 0 Å². The van der Waals surface area contributed by atoms with Crippen molar-refractivity contribution in [2.24, 2.45) is 0 Å². The van der Waals surface area contributed by atoms with Crippen molar-refractivity contribution in [2.45, 2.75) is 50.2 Å². The summed E-state index contributed by atoms with van der Waals surface area (Å²) in [7, 11) is 0. The van der Waals surface area contributed by atoms with Crippen LogP contribution < -0.4 is 5.32 Å². The summed E-state index contributed by atoms with van der Waals surface area (Å²) >= 11 is 0. The van der Waals surface area contributed by atoms with E-state index in [1.54, 1.807) is 6.07 Å². The van der Waals surface area contributed by atoms with Crippen LogP contribution in [0, 0.1) is 11.6 Å². The van der Waals surface area contributed by atoms with Crippen molar-refractivity contribution in [1.29, 1.82) is 0 Å². The Labute approximate surface area is 112 Å². The van der Waals surface area contributed by atoms with Gasteiger partial charge in [0.25, 0.3) is 0 Å². The first-order chi connectivity index (χ1) is 9.17. The molecule has 1 unspecified atom stereocenters. The van der Waals surface area contributed by atoms with Crippen LogP contribution in [0.2, 0.25) is 0 Å². The quantitative estimate of drug-likeness (QED) is 0.878. The van der Waals surface area contributed by atoms with Crippen LogP contribution in [0.3, 0.4) is 0 Å². The van der Waals surface area contributed by atoms with Gasteiger partial charge in [-0.15, -0.1) is 0 Å². The highest BCUT2D eigenvalue weighted by Gasteiger charge is 2.39. The molecule has 1 heterocycles. The van der Waals surface area contributed by atoms with Gasteiger partial charge in [-0.1, -0.05) is 12.8 Å². The topological polar surface area (TPSA) is 21.3 Å². The molecule has 0 amide bonds. The van der Waals surface area contributed by atoms with Crippen molar-refractivity contribution < 1.29 is 13.5 Å². The molecule has 1 N–H and O–H groups in total. The van der Waals surface area contributed by atoms with E-state index in [1.807, 2.05) is 0 Å². The monoisotopic (exact) mass is 267 g/mol. The van der Waals surface area contributed by atoms with E-state index in [1.165, 1.54) is 25.0 Å². The van der Waals surface area contributed by atoms with Gasteiger partial charge < -0.3 is 10.1 Å². The fraction of sp³-hybridized carbons (Fsp3) is 0.600. The van der Waals surface area contributed by atoms with Crippen molar-refractivity contribution in [1.82, 2.24) is 0 Å². The zero-order valence-electron chi connectivity index (χ0n) is 10.9. The highest BCUT2D eigenvalue weighted by Crippen LogP contribution is 2.40. The fourth-order valence-electron chi connectivity index (χ4n) is 3.34. The lowest BCUT2D eigenvalue weighted by Gasteiger charge is -2.39. The summed E-state index contributed by atoms with van der Waals surface area (Å²) in [4.78, 5) is 0. The molecule has 0 radical (unpaired) electrons. The van der Waals surface area contributed by atoms with E-state index in [0.717, 1.165) is 32.3 Å². The van der Waals surface area contributed by atoms with Crippen LogP contribution in [0.1, 0.15) is 38.5 Å². The van der Waals surface area contributed by atoms with Crippen molar-refractivity contribution in [2.75, 3.05) is 11.9 Å². The van der Waals surface area contributed by atoms with E-state index in [2.05, 4.69) is 5.32 Å². The third kappa shape index (κ3) is 2.73. The molecule has 2 fully saturated rings. The molecule has 0 bridgehead atoms. The highest BCUT2D eigenvalue weighted by atomic mass is 19.2. The molecule has 19 heavy (non-hydrogen) atoms. The minimum Gasteiger partial charge on any atom is -0.382 e. The maximum Gasteiger partial charge on any atom is 0.160 e. The number of hydrogen-bond acceptors (Lipinski definition) is 2. The van der Waals surface area contributed by atoms with E-state index >= 15 is 0 Å². The lowest BCUT2D eigenvalue weighted by atomic mass is 9.89. The molecule has 4 heteroatoms. The molecule has 2 aliphatic rings. The lowest BCUT2D eigenvalue weighted by molar-refractivity contribution is -0.0767. The Hall–Kier alpha value is -1.16. The van der Waals surface area contributed by atoms with E-state index in [4.69, 9.17) is 4.74 Å². The van der Waals surface area contributed by atoms with Crippen LogP contribution in [0.4, 0.5) is 14.5 Å². The van der Waals surface area contributed by atoms with Crippen LogP contribution >= 0.6 is 0 Å². The molecule has 1 aliphatic carbocycles. The number of benzene rings is 1. The van der Waals surface area contributed by atoms with Gasteiger partial charge in [-0.05, 0) is 37.8 Å². The second kappa shape index (κ2) is 5.08. The molecule has 1 saturated heterocycles. The van der Waals surface area contributed by atoms with E-state index < -0.39 is 11.6 Å². The third-order valence-corrected chi connectivity index (χ3v) is 4.30. The van der Waals surface area contributed by atoms with Crippen molar-refractivity contribution >= 4 is 5.69 Å². The molecule has 1 aromatic rings. The van der Waals surface area contributed by atoms with Crippen LogP contribution in [-0.4, -0.2) is 18.2 Å². The number of hydrogen-bond donors (Lipinski definition) is 1. The van der Waals surface area contributed by atoms with Crippen molar-refractivity contribution in [3.63, 3.8) is 0 Å². The maximum absolute atomic E-state index is 13.2. The minimum absolute atomic E-state index is 0.0362. The largest absolute Gasteiger partial charge is 0.382 e. The number of anilines is 1. The number of rotatable bonds is 2. The molecule has 104 valence electrons. The molecular weight excluding hydrogens is 248 g/mol. The van der Waals surface area contributed by atoms with Gasteiger partial charge in [0.15, 0.2) is 11.6 Å². The third-order valence-electron chi connectivity index (χ3n) is 4.30. The SMILES string of the molecule is Fc1ccc(NC2CCOC3(CCCC3)C2)cc1F. The number of ether oxygens (including phenoxy) is 1. The summed E-state index contributed by atoms with van der Waals surface area (Å²) in [5.74, 6) is -1.60. The van der Waals surface area contributed by atoms with Gasteiger partial charge in [-0.25, -0.2) is 8.78 Å². The standard InChI is InChI=1S/C15H19F2NO/c16-13-4-3-11(9-14(13)17)18-12-5-8-19-15(10-12)6-1-2-7-15/h3-4,9,12,18H,1-2,5-8,10H2. The van der Waals surface area contributed by atoms with Gasteiger partial charge >= 0.3 is 0 Å². The Morgan fingerprint density at radius 2 is 1.95 bits per heavy atom. The Morgan fingerprint density at radius 1 is 1.16 bits per heavy atom. The van der Waals surface area contributed by atoms with Crippen LogP contribution in [0.5, 0.6) is 0 Å². The number of halogens is 2. The Kier molecular flexibility index (Phi) is 3.44. The smallest absolute Gasteiger partial charge is 0.160 e. The van der Waals surface area contributed by atoms with E-state index in [-0.39, 0.29) is 11.6 Å². The molecular formula is C15H19F2NO. The van der Waals surface area contributed by atoms with Gasteiger partial charge in [-0.3, -0.25) is 0 Å². The highest BCUT2D eigenvalue weighted by molar-refractivity contribution is 5.44. The van der Waals surface area contributed by atoms with Crippen LogP contribution in [-0.2, 0) is 4.74 Å². The average molecular weight is 267 g/mol. The molecule has 1 atom stereocenters. The second-order valence-electron chi connectivity index (χ2n) is 5.70. The first kappa shape index (κ1) is 12.9. The summed E-state index contributed by atoms with van der Waals surface area (Å²) < 4.78 is 32.0. The summed E-state index contributed by atoms with van der Waals surface area (Å²) in [6.07, 6.45) is 6.61. The molecule has 1 spiro atoms. The minimum atomic E-state index is -0.801.